The van der Waals surface area contributed by atoms with Gasteiger partial charge in [-0.2, -0.15) is 0 Å². The summed E-state index contributed by atoms with van der Waals surface area (Å²) in [5, 5.41) is 2.99. The molecule has 3 heteroatoms. The highest BCUT2D eigenvalue weighted by Gasteiger charge is 2.11. The standard InChI is InChI=1S/C19H23NO2/c1-5-15(4)22-17-11-7-10-16(12-17)19(21)20-18-13(2)8-6-9-14(18)3/h6-12,15H,5H2,1-4H3,(H,20,21)/t15-/m0/s1. The van der Waals surface area contributed by atoms with Gasteiger partial charge in [0.25, 0.3) is 5.91 Å². The van der Waals surface area contributed by atoms with Crippen molar-refractivity contribution in [1.29, 1.82) is 0 Å². The fourth-order valence-electron chi connectivity index (χ4n) is 2.22. The van der Waals surface area contributed by atoms with Crippen LogP contribution >= 0.6 is 0 Å². The largest absolute Gasteiger partial charge is 0.491 e. The van der Waals surface area contributed by atoms with E-state index in [0.717, 1.165) is 29.0 Å². The molecule has 0 aliphatic carbocycles. The third-order valence-corrected chi connectivity index (χ3v) is 3.73. The van der Waals surface area contributed by atoms with E-state index in [0.29, 0.717) is 5.56 Å². The minimum absolute atomic E-state index is 0.119. The lowest BCUT2D eigenvalue weighted by Crippen LogP contribution is -2.15. The van der Waals surface area contributed by atoms with Gasteiger partial charge in [0, 0.05) is 11.3 Å². The van der Waals surface area contributed by atoms with E-state index in [1.807, 2.05) is 51.1 Å². The molecule has 2 rings (SSSR count). The summed E-state index contributed by atoms with van der Waals surface area (Å²) in [6.45, 7) is 8.07. The topological polar surface area (TPSA) is 38.3 Å². The normalized spacial score (nSPS) is 11.8. The molecule has 1 amide bonds. The summed E-state index contributed by atoms with van der Waals surface area (Å²) in [6.07, 6.45) is 1.07. The highest BCUT2D eigenvalue weighted by molar-refractivity contribution is 6.05. The van der Waals surface area contributed by atoms with E-state index in [-0.39, 0.29) is 12.0 Å². The number of carbonyl (C=O) groups excluding carboxylic acids is 1. The van der Waals surface area contributed by atoms with E-state index in [4.69, 9.17) is 4.74 Å². The van der Waals surface area contributed by atoms with Crippen LogP contribution in [-0.2, 0) is 0 Å². The molecule has 0 saturated heterocycles. The Labute approximate surface area is 132 Å². The molecule has 0 heterocycles. The number of hydrogen-bond donors (Lipinski definition) is 1. The van der Waals surface area contributed by atoms with Crippen molar-refractivity contribution < 1.29 is 9.53 Å². The first-order valence-electron chi connectivity index (χ1n) is 7.65. The molecule has 2 aromatic rings. The Balaban J connectivity index is 2.18. The number of rotatable bonds is 5. The van der Waals surface area contributed by atoms with E-state index in [2.05, 4.69) is 12.2 Å². The van der Waals surface area contributed by atoms with E-state index >= 15 is 0 Å². The van der Waals surface area contributed by atoms with Crippen LogP contribution in [0.15, 0.2) is 42.5 Å². The van der Waals surface area contributed by atoms with Gasteiger partial charge in [0.2, 0.25) is 0 Å². The van der Waals surface area contributed by atoms with E-state index in [1.165, 1.54) is 0 Å². The average molecular weight is 297 g/mol. The molecule has 0 saturated carbocycles. The van der Waals surface area contributed by atoms with Crippen LogP contribution in [0, 0.1) is 13.8 Å². The van der Waals surface area contributed by atoms with E-state index in [9.17, 15) is 4.79 Å². The number of anilines is 1. The maximum atomic E-state index is 12.5. The monoisotopic (exact) mass is 297 g/mol. The highest BCUT2D eigenvalue weighted by atomic mass is 16.5. The number of carbonyl (C=O) groups is 1. The number of aryl methyl sites for hydroxylation is 2. The molecule has 22 heavy (non-hydrogen) atoms. The van der Waals surface area contributed by atoms with Gasteiger partial charge in [0.05, 0.1) is 6.10 Å². The maximum Gasteiger partial charge on any atom is 0.255 e. The predicted molar refractivity (Wildman–Crippen MR) is 90.7 cm³/mol. The minimum Gasteiger partial charge on any atom is -0.491 e. The van der Waals surface area contributed by atoms with Crippen molar-refractivity contribution in [2.24, 2.45) is 0 Å². The lowest BCUT2D eigenvalue weighted by Gasteiger charge is -2.14. The van der Waals surface area contributed by atoms with Crippen LogP contribution in [0.1, 0.15) is 41.8 Å². The van der Waals surface area contributed by atoms with Gasteiger partial charge < -0.3 is 10.1 Å². The molecule has 1 atom stereocenters. The summed E-state index contributed by atoms with van der Waals surface area (Å²) in [7, 11) is 0. The van der Waals surface area contributed by atoms with Crippen LogP contribution in [0.4, 0.5) is 5.69 Å². The fraction of sp³-hybridized carbons (Fsp3) is 0.316. The summed E-state index contributed by atoms with van der Waals surface area (Å²) in [4.78, 5) is 12.5. The summed E-state index contributed by atoms with van der Waals surface area (Å²) >= 11 is 0. The van der Waals surface area contributed by atoms with Crippen LogP contribution in [0.25, 0.3) is 0 Å². The number of nitrogens with one attached hydrogen (secondary N) is 1. The molecule has 3 nitrogen and oxygen atoms in total. The number of amides is 1. The first-order chi connectivity index (χ1) is 10.5. The average Bonchev–Trinajstić information content (AvgIpc) is 2.51. The second-order valence-corrected chi connectivity index (χ2v) is 5.59. The van der Waals surface area contributed by atoms with Crippen molar-refractivity contribution in [3.63, 3.8) is 0 Å². The molecule has 0 spiro atoms. The smallest absolute Gasteiger partial charge is 0.255 e. The SMILES string of the molecule is CC[C@H](C)Oc1cccc(C(=O)Nc2c(C)cccc2C)c1. The minimum atomic E-state index is -0.119. The lowest BCUT2D eigenvalue weighted by molar-refractivity contribution is 0.102. The number of hydrogen-bond acceptors (Lipinski definition) is 2. The second kappa shape index (κ2) is 7.12. The molecule has 1 N–H and O–H groups in total. The summed E-state index contributed by atoms with van der Waals surface area (Å²) in [6, 6.07) is 13.3. The maximum absolute atomic E-state index is 12.5. The molecule has 0 bridgehead atoms. The Morgan fingerprint density at radius 2 is 1.77 bits per heavy atom. The van der Waals surface area contributed by atoms with E-state index < -0.39 is 0 Å². The first-order valence-corrected chi connectivity index (χ1v) is 7.65. The van der Waals surface area contributed by atoms with Gasteiger partial charge >= 0.3 is 0 Å². The Hall–Kier alpha value is -2.29. The van der Waals surface area contributed by atoms with Crippen LogP contribution < -0.4 is 10.1 Å². The molecule has 116 valence electrons. The number of benzene rings is 2. The zero-order chi connectivity index (χ0) is 16.1. The van der Waals surface area contributed by atoms with Crippen LogP contribution in [0.2, 0.25) is 0 Å². The Kier molecular flexibility index (Phi) is 5.21. The number of para-hydroxylation sites is 1. The van der Waals surface area contributed by atoms with Crippen molar-refractivity contribution in [3.8, 4) is 5.75 Å². The molecular formula is C19H23NO2. The number of ether oxygens (including phenoxy) is 1. The second-order valence-electron chi connectivity index (χ2n) is 5.59. The van der Waals surface area contributed by atoms with Crippen LogP contribution in [0.5, 0.6) is 5.75 Å². The summed E-state index contributed by atoms with van der Waals surface area (Å²) in [5.74, 6) is 0.607. The Morgan fingerprint density at radius 3 is 2.41 bits per heavy atom. The van der Waals surface area contributed by atoms with Crippen molar-refractivity contribution in [3.05, 3.63) is 59.2 Å². The molecule has 0 radical (unpaired) electrons. The molecule has 0 fully saturated rings. The molecular weight excluding hydrogens is 274 g/mol. The summed E-state index contributed by atoms with van der Waals surface area (Å²) < 4.78 is 5.77. The van der Waals surface area contributed by atoms with Gasteiger partial charge in [-0.25, -0.2) is 0 Å². The van der Waals surface area contributed by atoms with Gasteiger partial charge in [-0.15, -0.1) is 0 Å². The lowest BCUT2D eigenvalue weighted by atomic mass is 10.1. The fourth-order valence-corrected chi connectivity index (χ4v) is 2.22. The van der Waals surface area contributed by atoms with Crippen molar-refractivity contribution >= 4 is 11.6 Å². The molecule has 0 unspecified atom stereocenters. The van der Waals surface area contributed by atoms with Gasteiger partial charge in [-0.1, -0.05) is 31.2 Å². The zero-order valence-corrected chi connectivity index (χ0v) is 13.6. The third kappa shape index (κ3) is 3.88. The van der Waals surface area contributed by atoms with Crippen molar-refractivity contribution in [2.45, 2.75) is 40.2 Å². The Bertz CT molecular complexity index is 644. The van der Waals surface area contributed by atoms with Crippen molar-refractivity contribution in [1.82, 2.24) is 0 Å². The van der Waals surface area contributed by atoms with Crippen LogP contribution in [0.3, 0.4) is 0 Å². The highest BCUT2D eigenvalue weighted by Crippen LogP contribution is 2.21. The molecule has 0 aromatic heterocycles. The van der Waals surface area contributed by atoms with Gasteiger partial charge in [0.1, 0.15) is 5.75 Å². The van der Waals surface area contributed by atoms with Gasteiger partial charge in [0.15, 0.2) is 0 Å². The van der Waals surface area contributed by atoms with E-state index in [1.54, 1.807) is 12.1 Å². The first kappa shape index (κ1) is 16.1. The quantitative estimate of drug-likeness (QED) is 0.866. The summed E-state index contributed by atoms with van der Waals surface area (Å²) in [5.41, 5.74) is 3.59. The third-order valence-electron chi connectivity index (χ3n) is 3.73. The van der Waals surface area contributed by atoms with Gasteiger partial charge in [-0.3, -0.25) is 4.79 Å². The molecule has 2 aromatic carbocycles. The van der Waals surface area contributed by atoms with Crippen molar-refractivity contribution in [2.75, 3.05) is 5.32 Å². The Morgan fingerprint density at radius 1 is 1.14 bits per heavy atom. The predicted octanol–water partition coefficient (Wildman–Crippen LogP) is 4.73. The molecule has 0 aliphatic heterocycles. The van der Waals surface area contributed by atoms with Gasteiger partial charge in [-0.05, 0) is 56.5 Å². The van der Waals surface area contributed by atoms with Crippen LogP contribution in [-0.4, -0.2) is 12.0 Å². The zero-order valence-electron chi connectivity index (χ0n) is 13.6. The molecule has 0 aliphatic rings.